The van der Waals surface area contributed by atoms with E-state index in [1.165, 1.54) is 48.2 Å². The Kier molecular flexibility index (Phi) is 37.3. The van der Waals surface area contributed by atoms with E-state index in [0.29, 0.717) is 89.3 Å². The van der Waals surface area contributed by atoms with Gasteiger partial charge in [-0.3, -0.25) is 24.6 Å². The van der Waals surface area contributed by atoms with Crippen LogP contribution >= 0.6 is 46.1 Å². The van der Waals surface area contributed by atoms with Crippen molar-refractivity contribution in [1.29, 1.82) is 0 Å². The van der Waals surface area contributed by atoms with Crippen molar-refractivity contribution in [3.8, 4) is 57.8 Å². The van der Waals surface area contributed by atoms with Crippen molar-refractivity contribution in [2.75, 3.05) is 172 Å². The summed E-state index contributed by atoms with van der Waals surface area (Å²) >= 11 is 7.22. The maximum Gasteiger partial charge on any atom is 1.00 e. The molecule has 4 aromatic heterocycles. The Hall–Kier alpha value is -5.14. The van der Waals surface area contributed by atoms with Crippen molar-refractivity contribution < 1.29 is 143 Å². The fourth-order valence-electron chi connectivity index (χ4n) is 13.6. The predicted molar refractivity (Wildman–Crippen MR) is 454 cm³/mol. The molecule has 4 aliphatic rings. The van der Waals surface area contributed by atoms with Crippen LogP contribution in [0.4, 0.5) is 57.7 Å². The second-order valence-corrected chi connectivity index (χ2v) is 41.9. The smallest absolute Gasteiger partial charge is 1.00 e. The number of likely N-dealkylation sites (N-methyl/N-ethyl adjacent to an activating group) is 2. The molecule has 0 atom stereocenters. The van der Waals surface area contributed by atoms with Gasteiger partial charge < -0.3 is 76.1 Å². The Labute approximate surface area is 765 Å². The SMILES string of the molecule is C#Cc1cnc(-c2ccc(Nc3nc(Nc4cc(CC)c(N5CCC(N6CCN(C)CC6)CC5)cc4OC)ncc3Br)c(P(C)(C)=O)c2)cn1.CCc1cc(Nc2ncc(Br)c(Nc3ccc(-c4cnc(C#C[Si](C)(C)C)cn4)cc3P(C)(C)=O)n2)c(OC)cc1N1CCC(N2CCN(C)CC2)CC1.CO.O=CO[O-].[H-].[K+].[K+]. The van der Waals surface area contributed by atoms with Crippen LogP contribution < -0.4 is 159 Å². The first-order valence-corrected chi connectivity index (χ1v) is 47.1. The number of piperidine rings is 2. The van der Waals surface area contributed by atoms with E-state index < -0.39 is 22.4 Å². The molecule has 0 unspecified atom stereocenters. The molecular formula is C79H104Br2K2N18O8P2Si. The Balaban J connectivity index is 0.000000322. The molecule has 588 valence electrons. The maximum absolute atomic E-state index is 13.6. The second kappa shape index (κ2) is 44.4. The van der Waals surface area contributed by atoms with Gasteiger partial charge in [0.1, 0.15) is 56.9 Å². The average molecular weight is 1760 g/mol. The van der Waals surface area contributed by atoms with Crippen LogP contribution in [-0.4, -0.2) is 232 Å². The third-order valence-electron chi connectivity index (χ3n) is 19.6. The van der Waals surface area contributed by atoms with Crippen molar-refractivity contribution in [3.05, 3.63) is 129 Å². The number of hydrogen-bond acceptors (Lipinski definition) is 26. The molecule has 4 fully saturated rings. The van der Waals surface area contributed by atoms with Gasteiger partial charge in [-0.25, -0.2) is 19.9 Å². The van der Waals surface area contributed by atoms with Gasteiger partial charge in [0.05, 0.1) is 82.1 Å². The van der Waals surface area contributed by atoms with Crippen LogP contribution in [0.15, 0.2) is 107 Å². The standard InChI is InChI=1S/C40H53BrN9O2PSi.C37H45BrN9O2P.CH2O3.CH4O.2K.H/c1-9-28-22-34(37(52-3)24-36(28)50-15-12-31(13-16-50)49-19-17-48(2)18-20-49)46-40-44-26-32(41)39(47-40)45-33-11-10-29(23-38(33)53(4,5)51)35-27-42-30(25-43-35)14-21-54(6,7)8;1-7-25-19-31(34(49-4)21-33(25)47-13-11-28(12-14-47)46-17-15-45(3)16-18-46)43-37-41-23-29(38)36(44-37)42-30-10-9-26(20-35(30)50(5,6)48)32-24-39-27(8-2)22-40-32;2-1-4-3;1-2;;;/h10-11,22-27,31H,9,12-13,15-20H2,1-8H3,(H2,44,45,46,47);2,9-10,19-24,28H,7,11-18H2,1,3-6H3,(H2,41,42,43,44);1,3H;2H,1H3;;;/q;;;;2*+1;-1/p-1. The molecule has 12 rings (SSSR count). The summed E-state index contributed by atoms with van der Waals surface area (Å²) in [4.78, 5) is 63.1. The predicted octanol–water partition coefficient (Wildman–Crippen LogP) is 5.81. The van der Waals surface area contributed by atoms with Crippen LogP contribution in [-0.2, 0) is 31.7 Å². The summed E-state index contributed by atoms with van der Waals surface area (Å²) in [7, 11) is 1.83. The molecule has 4 saturated heterocycles. The van der Waals surface area contributed by atoms with Gasteiger partial charge in [0.15, 0.2) is 0 Å². The number of aromatic nitrogens is 8. The normalized spacial score (nSPS) is 15.3. The van der Waals surface area contributed by atoms with Crippen LogP contribution in [0.2, 0.25) is 19.6 Å². The fourth-order valence-corrected chi connectivity index (χ4v) is 17.0. The summed E-state index contributed by atoms with van der Waals surface area (Å²) < 4.78 is 40.3. The van der Waals surface area contributed by atoms with Gasteiger partial charge in [-0.15, -0.1) is 12.0 Å². The van der Waals surface area contributed by atoms with Gasteiger partial charge in [0, 0.05) is 155 Å². The number of anilines is 10. The Morgan fingerprint density at radius 3 is 1.28 bits per heavy atom. The zero-order chi connectivity index (χ0) is 79.5. The zero-order valence-corrected chi connectivity index (χ0v) is 79.7. The Morgan fingerprint density at radius 2 is 0.955 bits per heavy atom. The molecule has 33 heteroatoms. The second-order valence-electron chi connectivity index (χ2n) is 29.0. The van der Waals surface area contributed by atoms with E-state index in [0.717, 1.165) is 132 Å². The van der Waals surface area contributed by atoms with Gasteiger partial charge in [-0.2, -0.15) is 9.97 Å². The van der Waals surface area contributed by atoms with E-state index in [4.69, 9.17) is 41.0 Å². The molecule has 5 N–H and O–H groups in total. The van der Waals surface area contributed by atoms with Crippen molar-refractivity contribution >= 4 is 129 Å². The van der Waals surface area contributed by atoms with E-state index in [1.807, 2.05) is 36.4 Å². The molecule has 0 radical (unpaired) electrons. The average Bonchev–Trinajstić information content (AvgIpc) is 0.831. The first-order chi connectivity index (χ1) is 52.7. The van der Waals surface area contributed by atoms with E-state index in [-0.39, 0.29) is 111 Å². The number of methoxy groups -OCH3 is 2. The fraction of sp³-hybridized carbons (Fsp3) is 0.430. The van der Waals surface area contributed by atoms with Crippen LogP contribution in [0.25, 0.3) is 22.5 Å². The molecule has 4 aromatic carbocycles. The van der Waals surface area contributed by atoms with Crippen LogP contribution in [0.1, 0.15) is 63.5 Å². The number of aliphatic hydroxyl groups is 1. The Morgan fingerprint density at radius 1 is 0.571 bits per heavy atom. The molecular weight excluding hydrogens is 1660 g/mol. The molecule has 0 bridgehead atoms. The number of terminal acetylenes is 1. The van der Waals surface area contributed by atoms with Gasteiger partial charge >= 0.3 is 103 Å². The van der Waals surface area contributed by atoms with Gasteiger partial charge in [-0.05, 0) is 165 Å². The van der Waals surface area contributed by atoms with Crippen molar-refractivity contribution in [2.45, 2.75) is 84.1 Å². The summed E-state index contributed by atoms with van der Waals surface area (Å²) in [6, 6.07) is 21.4. The summed E-state index contributed by atoms with van der Waals surface area (Å²) in [5, 5.41) is 30.4. The summed E-state index contributed by atoms with van der Waals surface area (Å²) in [5.74, 6) is 8.96. The molecule has 0 spiro atoms. The molecule has 0 aliphatic carbocycles. The first kappa shape index (κ1) is 94.0. The number of carbonyl (C=O) groups excluding carboxylic acids is 1. The van der Waals surface area contributed by atoms with Crippen molar-refractivity contribution in [2.24, 2.45) is 0 Å². The van der Waals surface area contributed by atoms with Crippen molar-refractivity contribution in [1.82, 2.24) is 59.5 Å². The van der Waals surface area contributed by atoms with Gasteiger partial charge in [0.25, 0.3) is 6.47 Å². The minimum Gasteiger partial charge on any atom is -1.00 e. The number of nitrogens with one attached hydrogen (secondary N) is 4. The van der Waals surface area contributed by atoms with E-state index in [2.05, 4.69) is 207 Å². The number of aliphatic hydroxyl groups excluding tert-OH is 1. The van der Waals surface area contributed by atoms with Gasteiger partial charge in [-0.1, -0.05) is 51.5 Å². The monoisotopic (exact) mass is 1760 g/mol. The number of ether oxygens (including phenoxy) is 2. The topological polar surface area (TPSA) is 293 Å². The van der Waals surface area contributed by atoms with Crippen LogP contribution in [0, 0.1) is 23.8 Å². The first-order valence-electron chi connectivity index (χ1n) is 36.8. The van der Waals surface area contributed by atoms with Crippen molar-refractivity contribution in [3.63, 3.8) is 0 Å². The number of hydrogen-bond donors (Lipinski definition) is 5. The minimum atomic E-state index is -2.74. The maximum atomic E-state index is 13.6. The molecule has 0 amide bonds. The molecule has 0 saturated carbocycles. The summed E-state index contributed by atoms with van der Waals surface area (Å²) in [6.07, 6.45) is 21.9. The number of piperazine rings is 2. The third kappa shape index (κ3) is 26.2. The summed E-state index contributed by atoms with van der Waals surface area (Å²) in [5.41, 5.74) is 15.3. The molecule has 4 aliphatic heterocycles. The van der Waals surface area contributed by atoms with Crippen LogP contribution in [0.5, 0.6) is 11.5 Å². The molecule has 8 aromatic rings. The largest absolute Gasteiger partial charge is 1.00 e. The van der Waals surface area contributed by atoms with Crippen LogP contribution in [0.3, 0.4) is 0 Å². The zero-order valence-electron chi connectivity index (χ0n) is 68.5. The Bertz CT molecular complexity index is 4660. The van der Waals surface area contributed by atoms with E-state index >= 15 is 0 Å². The van der Waals surface area contributed by atoms with E-state index in [9.17, 15) is 9.13 Å². The van der Waals surface area contributed by atoms with E-state index in [1.54, 1.807) is 78.1 Å². The quantitative estimate of drug-likeness (QED) is 0.0142. The van der Waals surface area contributed by atoms with Gasteiger partial charge in [0.2, 0.25) is 11.9 Å². The number of benzene rings is 4. The molecule has 8 heterocycles. The molecule has 26 nitrogen and oxygen atoms in total. The molecule has 112 heavy (non-hydrogen) atoms. The summed E-state index contributed by atoms with van der Waals surface area (Å²) in [6.45, 7) is 31.2. The number of halogens is 2. The minimum absolute atomic E-state index is 0. The number of carbonyl (C=O) groups is 1. The number of nitrogens with zero attached hydrogens (tertiary/aromatic N) is 14. The number of rotatable bonds is 21. The third-order valence-corrected chi connectivity index (χ3v) is 24.7. The number of aryl methyl sites for hydroxylation is 2.